The van der Waals surface area contributed by atoms with Crippen molar-refractivity contribution in [3.63, 3.8) is 0 Å². The molecule has 0 aliphatic carbocycles. The summed E-state index contributed by atoms with van der Waals surface area (Å²) in [5, 5.41) is 5.02. The molecule has 30 heavy (non-hydrogen) atoms. The number of amides is 2. The van der Waals surface area contributed by atoms with Gasteiger partial charge in [-0.1, -0.05) is 49.4 Å². The number of para-hydroxylation sites is 1. The molecule has 156 valence electrons. The fourth-order valence-corrected chi connectivity index (χ4v) is 3.55. The van der Waals surface area contributed by atoms with Crippen LogP contribution < -0.4 is 10.1 Å². The van der Waals surface area contributed by atoms with Gasteiger partial charge in [-0.25, -0.2) is 0 Å². The van der Waals surface area contributed by atoms with Gasteiger partial charge in [0.1, 0.15) is 5.75 Å². The van der Waals surface area contributed by atoms with Gasteiger partial charge in [0.05, 0.1) is 19.6 Å². The van der Waals surface area contributed by atoms with Gasteiger partial charge in [-0.2, -0.15) is 0 Å². The summed E-state index contributed by atoms with van der Waals surface area (Å²) in [7, 11) is 3.30. The Kier molecular flexibility index (Phi) is 6.72. The topological polar surface area (TPSA) is 58.6 Å². The number of carbonyl (C=O) groups excluding carboxylic acids is 2. The molecule has 0 spiro atoms. The van der Waals surface area contributed by atoms with Gasteiger partial charge in [0.2, 0.25) is 11.8 Å². The van der Waals surface area contributed by atoms with Crippen LogP contribution in [0.3, 0.4) is 0 Å². The van der Waals surface area contributed by atoms with Gasteiger partial charge < -0.3 is 15.0 Å². The van der Waals surface area contributed by atoms with Crippen molar-refractivity contribution in [3.05, 3.63) is 71.8 Å². The summed E-state index contributed by atoms with van der Waals surface area (Å²) in [6.07, 6.45) is 0.829. The van der Waals surface area contributed by atoms with E-state index in [4.69, 9.17) is 4.74 Å². The van der Waals surface area contributed by atoms with E-state index in [0.717, 1.165) is 39.8 Å². The van der Waals surface area contributed by atoms with Gasteiger partial charge in [0, 0.05) is 12.7 Å². The first kappa shape index (κ1) is 21.4. The minimum absolute atomic E-state index is 0.00595. The van der Waals surface area contributed by atoms with Crippen LogP contribution in [0.2, 0.25) is 0 Å². The highest BCUT2D eigenvalue weighted by Crippen LogP contribution is 2.26. The van der Waals surface area contributed by atoms with E-state index in [9.17, 15) is 9.59 Å². The summed E-state index contributed by atoms with van der Waals surface area (Å²) in [6, 6.07) is 19.5. The number of methoxy groups -OCH3 is 1. The molecular formula is C25H28N2O3. The summed E-state index contributed by atoms with van der Waals surface area (Å²) in [5.41, 5.74) is 2.78. The first-order chi connectivity index (χ1) is 14.4. The van der Waals surface area contributed by atoms with Gasteiger partial charge >= 0.3 is 0 Å². The lowest BCUT2D eigenvalue weighted by Crippen LogP contribution is -2.37. The second kappa shape index (κ2) is 9.44. The molecule has 0 fully saturated rings. The molecule has 3 rings (SSSR count). The molecule has 1 atom stereocenters. The zero-order valence-corrected chi connectivity index (χ0v) is 17.9. The number of likely N-dealkylation sites (N-methyl/N-ethyl adjacent to an activating group) is 1. The van der Waals surface area contributed by atoms with Crippen molar-refractivity contribution in [1.29, 1.82) is 0 Å². The van der Waals surface area contributed by atoms with Crippen LogP contribution in [0.5, 0.6) is 5.75 Å². The van der Waals surface area contributed by atoms with Crippen LogP contribution in [0.25, 0.3) is 10.8 Å². The average molecular weight is 405 g/mol. The standard InChI is InChI=1S/C25H28N2O3/c1-5-18-8-6-7-9-23(18)26-24(28)16-27(3)25(29)17(2)19-10-11-21-15-22(30-4)13-12-20(21)14-19/h6-15,17H,5,16H2,1-4H3,(H,26,28)/t17-/m0/s1. The zero-order chi connectivity index (χ0) is 21.7. The van der Waals surface area contributed by atoms with E-state index in [1.54, 1.807) is 14.2 Å². The number of hydrogen-bond acceptors (Lipinski definition) is 3. The van der Waals surface area contributed by atoms with Gasteiger partial charge in [-0.05, 0) is 53.4 Å². The van der Waals surface area contributed by atoms with Crippen molar-refractivity contribution >= 4 is 28.3 Å². The molecule has 0 saturated carbocycles. The third-order valence-corrected chi connectivity index (χ3v) is 5.37. The molecule has 3 aromatic rings. The Morgan fingerprint density at radius 2 is 1.73 bits per heavy atom. The Hall–Kier alpha value is -3.34. The quantitative estimate of drug-likeness (QED) is 0.626. The van der Waals surface area contributed by atoms with Gasteiger partial charge in [-0.15, -0.1) is 0 Å². The Balaban J connectivity index is 1.67. The molecule has 0 saturated heterocycles. The minimum atomic E-state index is -0.350. The van der Waals surface area contributed by atoms with E-state index in [1.165, 1.54) is 4.90 Å². The number of aryl methyl sites for hydroxylation is 1. The molecule has 2 amide bonds. The number of fused-ring (bicyclic) bond motifs is 1. The van der Waals surface area contributed by atoms with Crippen LogP contribution >= 0.6 is 0 Å². The van der Waals surface area contributed by atoms with E-state index < -0.39 is 0 Å². The van der Waals surface area contributed by atoms with Crippen LogP contribution in [-0.4, -0.2) is 37.4 Å². The molecular weight excluding hydrogens is 376 g/mol. The van der Waals surface area contributed by atoms with Gasteiger partial charge in [-0.3, -0.25) is 9.59 Å². The number of nitrogens with zero attached hydrogens (tertiary/aromatic N) is 1. The lowest BCUT2D eigenvalue weighted by atomic mass is 9.96. The number of hydrogen-bond donors (Lipinski definition) is 1. The van der Waals surface area contributed by atoms with Crippen LogP contribution in [-0.2, 0) is 16.0 Å². The number of nitrogens with one attached hydrogen (secondary N) is 1. The van der Waals surface area contributed by atoms with E-state index in [2.05, 4.69) is 5.32 Å². The molecule has 5 nitrogen and oxygen atoms in total. The monoisotopic (exact) mass is 404 g/mol. The fraction of sp³-hybridized carbons (Fsp3) is 0.280. The molecule has 0 heterocycles. The Morgan fingerprint density at radius 1 is 1.03 bits per heavy atom. The van der Waals surface area contributed by atoms with E-state index in [0.29, 0.717) is 0 Å². The molecule has 0 aliphatic heterocycles. The third kappa shape index (κ3) is 4.79. The number of benzene rings is 3. The second-order valence-electron chi connectivity index (χ2n) is 7.45. The van der Waals surface area contributed by atoms with Crippen molar-refractivity contribution in [2.45, 2.75) is 26.2 Å². The Labute approximate surface area is 177 Å². The lowest BCUT2D eigenvalue weighted by molar-refractivity contribution is -0.134. The van der Waals surface area contributed by atoms with E-state index in [1.807, 2.05) is 74.5 Å². The molecule has 0 aliphatic rings. The summed E-state index contributed by atoms with van der Waals surface area (Å²) < 4.78 is 5.27. The van der Waals surface area contributed by atoms with Crippen LogP contribution in [0.4, 0.5) is 5.69 Å². The van der Waals surface area contributed by atoms with E-state index in [-0.39, 0.29) is 24.3 Å². The number of ether oxygens (including phenoxy) is 1. The predicted molar refractivity (Wildman–Crippen MR) is 121 cm³/mol. The van der Waals surface area contributed by atoms with Crippen molar-refractivity contribution in [1.82, 2.24) is 4.90 Å². The maximum absolute atomic E-state index is 12.9. The van der Waals surface area contributed by atoms with Crippen molar-refractivity contribution in [2.24, 2.45) is 0 Å². The predicted octanol–water partition coefficient (Wildman–Crippen LogP) is 4.61. The average Bonchev–Trinajstić information content (AvgIpc) is 2.77. The SMILES string of the molecule is CCc1ccccc1NC(=O)CN(C)C(=O)[C@@H](C)c1ccc2cc(OC)ccc2c1. The van der Waals surface area contributed by atoms with Crippen molar-refractivity contribution < 1.29 is 14.3 Å². The first-order valence-corrected chi connectivity index (χ1v) is 10.1. The maximum Gasteiger partial charge on any atom is 0.243 e. The van der Waals surface area contributed by atoms with Crippen molar-refractivity contribution in [2.75, 3.05) is 26.0 Å². The molecule has 0 unspecified atom stereocenters. The highest BCUT2D eigenvalue weighted by atomic mass is 16.5. The van der Waals surface area contributed by atoms with Gasteiger partial charge in [0.25, 0.3) is 0 Å². The fourth-order valence-electron chi connectivity index (χ4n) is 3.55. The maximum atomic E-state index is 12.9. The van der Waals surface area contributed by atoms with Crippen molar-refractivity contribution in [3.8, 4) is 5.75 Å². The summed E-state index contributed by atoms with van der Waals surface area (Å²) in [6.45, 7) is 3.92. The molecule has 0 bridgehead atoms. The first-order valence-electron chi connectivity index (χ1n) is 10.1. The number of carbonyl (C=O) groups is 2. The smallest absolute Gasteiger partial charge is 0.243 e. The molecule has 0 radical (unpaired) electrons. The summed E-state index contributed by atoms with van der Waals surface area (Å²) in [4.78, 5) is 26.9. The highest BCUT2D eigenvalue weighted by molar-refractivity contribution is 5.96. The normalized spacial score (nSPS) is 11.7. The van der Waals surface area contributed by atoms with Crippen LogP contribution in [0.15, 0.2) is 60.7 Å². The summed E-state index contributed by atoms with van der Waals surface area (Å²) in [5.74, 6) is 0.151. The minimum Gasteiger partial charge on any atom is -0.497 e. The molecule has 1 N–H and O–H groups in total. The molecule has 0 aromatic heterocycles. The Morgan fingerprint density at radius 3 is 2.47 bits per heavy atom. The third-order valence-electron chi connectivity index (χ3n) is 5.37. The van der Waals surface area contributed by atoms with Gasteiger partial charge in [0.15, 0.2) is 0 Å². The van der Waals surface area contributed by atoms with Crippen LogP contribution in [0.1, 0.15) is 30.9 Å². The molecule has 5 heteroatoms. The highest BCUT2D eigenvalue weighted by Gasteiger charge is 2.21. The van der Waals surface area contributed by atoms with E-state index >= 15 is 0 Å². The second-order valence-corrected chi connectivity index (χ2v) is 7.45. The lowest BCUT2D eigenvalue weighted by Gasteiger charge is -2.22. The number of anilines is 1. The number of rotatable bonds is 7. The summed E-state index contributed by atoms with van der Waals surface area (Å²) >= 11 is 0. The van der Waals surface area contributed by atoms with Crippen LogP contribution in [0, 0.1) is 0 Å². The largest absolute Gasteiger partial charge is 0.497 e. The zero-order valence-electron chi connectivity index (χ0n) is 17.9. The molecule has 3 aromatic carbocycles. The Bertz CT molecular complexity index is 1060.